The van der Waals surface area contributed by atoms with Crippen LogP contribution in [0.3, 0.4) is 0 Å². The maximum atomic E-state index is 13.2. The second-order valence-corrected chi connectivity index (χ2v) is 21.8. The highest BCUT2D eigenvalue weighted by Gasteiger charge is 2.44. The molecule has 1 aliphatic heterocycles. The highest BCUT2D eigenvalue weighted by molar-refractivity contribution is 5.80. The summed E-state index contributed by atoms with van der Waals surface area (Å²) < 4.78 is 11.1. The van der Waals surface area contributed by atoms with Crippen molar-refractivity contribution in [1.82, 2.24) is 5.32 Å². The predicted molar refractivity (Wildman–Crippen MR) is 307 cm³/mol. The SMILES string of the molecule is CCCC/C=C/CC/C=C/CCCC(O)C(O)C(COC1OC(CO)C(O)C(O)C1O)NC(=O)C(O)CCCCCCCCCCCCCCCCCC/C=C\C/C=C\CCCCCCCCCCCCCCC. The Labute approximate surface area is 453 Å². The smallest absolute Gasteiger partial charge is 0.249 e. The molecule has 0 aromatic heterocycles. The Morgan fingerprint density at radius 1 is 0.473 bits per heavy atom. The number of ether oxygens (including phenoxy) is 2. The normalized spacial score (nSPS) is 20.1. The molecule has 1 saturated heterocycles. The lowest BCUT2D eigenvalue weighted by molar-refractivity contribution is -0.303. The van der Waals surface area contributed by atoms with Crippen molar-refractivity contribution in [1.29, 1.82) is 0 Å². The molecular weight excluding hydrogens is 931 g/mol. The van der Waals surface area contributed by atoms with Gasteiger partial charge in [0.2, 0.25) is 5.91 Å². The molecule has 1 amide bonds. The number of aliphatic hydroxyl groups is 7. The van der Waals surface area contributed by atoms with E-state index in [1.807, 2.05) is 0 Å². The quantitative estimate of drug-likeness (QED) is 0.0215. The first-order valence-corrected chi connectivity index (χ1v) is 31.0. The molecule has 1 aliphatic rings. The lowest BCUT2D eigenvalue weighted by atomic mass is 9.98. The monoisotopic (exact) mass is 1050 g/mol. The molecule has 9 unspecified atom stereocenters. The summed E-state index contributed by atoms with van der Waals surface area (Å²) in [7, 11) is 0. The number of rotatable bonds is 53. The fourth-order valence-corrected chi connectivity index (χ4v) is 9.77. The van der Waals surface area contributed by atoms with Gasteiger partial charge in [0, 0.05) is 0 Å². The van der Waals surface area contributed by atoms with Crippen LogP contribution in [-0.2, 0) is 14.3 Å². The Bertz CT molecular complexity index is 1340. The van der Waals surface area contributed by atoms with Gasteiger partial charge in [-0.1, -0.05) is 249 Å². The van der Waals surface area contributed by atoms with Crippen molar-refractivity contribution in [3.05, 3.63) is 48.6 Å². The minimum atomic E-state index is -1.67. The average molecular weight is 1050 g/mol. The van der Waals surface area contributed by atoms with E-state index in [0.717, 1.165) is 44.9 Å². The van der Waals surface area contributed by atoms with E-state index in [4.69, 9.17) is 9.47 Å². The van der Waals surface area contributed by atoms with E-state index in [1.54, 1.807) is 0 Å². The first-order chi connectivity index (χ1) is 36.2. The van der Waals surface area contributed by atoms with E-state index in [2.05, 4.69) is 67.8 Å². The number of carbonyl (C=O) groups excluding carboxylic acids is 1. The molecule has 0 aliphatic carbocycles. The van der Waals surface area contributed by atoms with Gasteiger partial charge in [0.05, 0.1) is 25.4 Å². The number of amides is 1. The number of hydrogen-bond acceptors (Lipinski definition) is 10. The third-order valence-electron chi connectivity index (χ3n) is 14.8. The van der Waals surface area contributed by atoms with Gasteiger partial charge < -0.3 is 50.5 Å². The van der Waals surface area contributed by atoms with Crippen molar-refractivity contribution in [2.75, 3.05) is 13.2 Å². The van der Waals surface area contributed by atoms with E-state index in [9.17, 15) is 40.5 Å². The number of unbranched alkanes of at least 4 members (excludes halogenated alkanes) is 33. The van der Waals surface area contributed by atoms with E-state index in [1.165, 1.54) is 186 Å². The van der Waals surface area contributed by atoms with Gasteiger partial charge in [-0.15, -0.1) is 0 Å². The molecule has 0 aromatic rings. The van der Waals surface area contributed by atoms with Crippen molar-refractivity contribution in [3.63, 3.8) is 0 Å². The third-order valence-corrected chi connectivity index (χ3v) is 14.8. The molecular formula is C63H117NO10. The second-order valence-electron chi connectivity index (χ2n) is 21.8. The van der Waals surface area contributed by atoms with E-state index in [0.29, 0.717) is 19.3 Å². The third kappa shape index (κ3) is 39.4. The molecule has 11 heteroatoms. The number of nitrogens with one attached hydrogen (secondary N) is 1. The lowest BCUT2D eigenvalue weighted by Gasteiger charge is -2.40. The van der Waals surface area contributed by atoms with Crippen molar-refractivity contribution in [2.24, 2.45) is 0 Å². The molecule has 11 nitrogen and oxygen atoms in total. The molecule has 1 heterocycles. The summed E-state index contributed by atoms with van der Waals surface area (Å²) >= 11 is 0. The minimum absolute atomic E-state index is 0.245. The fraction of sp³-hybridized carbons (Fsp3) is 0.857. The molecule has 1 fully saturated rings. The molecule has 0 saturated carbocycles. The summed E-state index contributed by atoms with van der Waals surface area (Å²) in [5.74, 6) is -0.711. The van der Waals surface area contributed by atoms with Crippen molar-refractivity contribution in [3.8, 4) is 0 Å². The Kier molecular flexibility index (Phi) is 49.1. The van der Waals surface area contributed by atoms with Crippen LogP contribution in [0.1, 0.15) is 277 Å². The van der Waals surface area contributed by atoms with Crippen LogP contribution in [-0.4, -0.2) is 110 Å². The maximum Gasteiger partial charge on any atom is 0.249 e. The number of hydrogen-bond donors (Lipinski definition) is 8. The van der Waals surface area contributed by atoms with Gasteiger partial charge in [-0.2, -0.15) is 0 Å². The van der Waals surface area contributed by atoms with Crippen LogP contribution in [0.5, 0.6) is 0 Å². The minimum Gasteiger partial charge on any atom is -0.394 e. The fourth-order valence-electron chi connectivity index (χ4n) is 9.77. The highest BCUT2D eigenvalue weighted by Crippen LogP contribution is 2.23. The average Bonchev–Trinajstić information content (AvgIpc) is 3.40. The van der Waals surface area contributed by atoms with Crippen LogP contribution < -0.4 is 5.32 Å². The van der Waals surface area contributed by atoms with E-state index in [-0.39, 0.29) is 12.8 Å². The Balaban J connectivity index is 2.14. The summed E-state index contributed by atoms with van der Waals surface area (Å²) in [4.78, 5) is 13.2. The number of aliphatic hydroxyl groups excluding tert-OH is 7. The van der Waals surface area contributed by atoms with Gasteiger partial charge in [-0.3, -0.25) is 4.79 Å². The summed E-state index contributed by atoms with van der Waals surface area (Å²) in [6.45, 7) is 3.39. The summed E-state index contributed by atoms with van der Waals surface area (Å²) in [6.07, 6.45) is 55.1. The van der Waals surface area contributed by atoms with Crippen LogP contribution in [0.2, 0.25) is 0 Å². The molecule has 434 valence electrons. The Hall–Kier alpha value is -1.93. The van der Waals surface area contributed by atoms with Crippen molar-refractivity contribution < 1.29 is 50.0 Å². The molecule has 9 atom stereocenters. The maximum absolute atomic E-state index is 13.2. The number of allylic oxidation sites excluding steroid dienone is 8. The molecule has 0 bridgehead atoms. The van der Waals surface area contributed by atoms with Crippen LogP contribution in [0.15, 0.2) is 48.6 Å². The molecule has 0 radical (unpaired) electrons. The van der Waals surface area contributed by atoms with Crippen molar-refractivity contribution in [2.45, 2.75) is 332 Å². The lowest BCUT2D eigenvalue weighted by Crippen LogP contribution is -2.60. The van der Waals surface area contributed by atoms with Gasteiger partial charge in [0.15, 0.2) is 6.29 Å². The van der Waals surface area contributed by atoms with Crippen LogP contribution in [0.4, 0.5) is 0 Å². The first kappa shape index (κ1) is 70.1. The van der Waals surface area contributed by atoms with Gasteiger partial charge >= 0.3 is 0 Å². The largest absolute Gasteiger partial charge is 0.394 e. The van der Waals surface area contributed by atoms with Gasteiger partial charge in [0.1, 0.15) is 36.6 Å². The van der Waals surface area contributed by atoms with Crippen LogP contribution >= 0.6 is 0 Å². The molecule has 74 heavy (non-hydrogen) atoms. The zero-order valence-corrected chi connectivity index (χ0v) is 47.6. The summed E-state index contributed by atoms with van der Waals surface area (Å²) in [5, 5.41) is 75.9. The molecule has 0 aromatic carbocycles. The van der Waals surface area contributed by atoms with Crippen molar-refractivity contribution >= 4 is 5.91 Å². The standard InChI is InChI=1S/C63H117NO10/c1-3-5-7-9-11-13-15-16-17-18-19-20-21-22-23-24-25-26-27-28-29-30-31-32-33-34-35-36-37-38-39-41-43-45-47-49-51-56(67)62(72)64-54(53-73-63-61(71)60(70)59(69)57(52-65)74-63)58(68)55(66)50-48-46-44-42-40-14-12-10-8-6-4-2/h10,12,23-24,26-27,42,44,54-61,63,65-71H,3-9,11,13-22,25,28-41,43,45-53H2,1-2H3,(H,64,72)/b12-10+,24-23-,27-26-,44-42+. The molecule has 8 N–H and O–H groups in total. The van der Waals surface area contributed by atoms with Gasteiger partial charge in [-0.05, 0) is 77.0 Å². The second kappa shape index (κ2) is 51.8. The Morgan fingerprint density at radius 3 is 1.32 bits per heavy atom. The summed E-state index contributed by atoms with van der Waals surface area (Å²) in [6, 6.07) is -1.19. The molecule has 1 rings (SSSR count). The zero-order chi connectivity index (χ0) is 54.0. The highest BCUT2D eigenvalue weighted by atomic mass is 16.7. The van der Waals surface area contributed by atoms with Gasteiger partial charge in [0.25, 0.3) is 0 Å². The van der Waals surface area contributed by atoms with Crippen LogP contribution in [0.25, 0.3) is 0 Å². The first-order valence-electron chi connectivity index (χ1n) is 31.0. The molecule has 0 spiro atoms. The van der Waals surface area contributed by atoms with E-state index >= 15 is 0 Å². The van der Waals surface area contributed by atoms with Gasteiger partial charge in [-0.25, -0.2) is 0 Å². The topological polar surface area (TPSA) is 189 Å². The van der Waals surface area contributed by atoms with Crippen LogP contribution in [0, 0.1) is 0 Å². The predicted octanol–water partition coefficient (Wildman–Crippen LogP) is 13.6. The Morgan fingerprint density at radius 2 is 0.865 bits per heavy atom. The summed E-state index contributed by atoms with van der Waals surface area (Å²) in [5.41, 5.74) is 0. The number of carbonyl (C=O) groups is 1. The zero-order valence-electron chi connectivity index (χ0n) is 47.6. The van der Waals surface area contributed by atoms with E-state index < -0.39 is 74.2 Å².